The van der Waals surface area contributed by atoms with Crippen LogP contribution in [0.3, 0.4) is 0 Å². The molecule has 0 spiro atoms. The van der Waals surface area contributed by atoms with Crippen molar-refractivity contribution in [2.75, 3.05) is 26.8 Å². The van der Waals surface area contributed by atoms with Crippen molar-refractivity contribution in [2.45, 2.75) is 32.7 Å². The van der Waals surface area contributed by atoms with Crippen LogP contribution in [0, 0.1) is 11.8 Å². The fourth-order valence-electron chi connectivity index (χ4n) is 2.35. The topological polar surface area (TPSA) is 49.8 Å². The van der Waals surface area contributed by atoms with Gasteiger partial charge in [0.05, 0.1) is 13.0 Å². The van der Waals surface area contributed by atoms with Gasteiger partial charge >= 0.3 is 5.97 Å². The van der Waals surface area contributed by atoms with Crippen molar-refractivity contribution in [3.05, 3.63) is 0 Å². The first-order valence-electron chi connectivity index (χ1n) is 6.02. The van der Waals surface area contributed by atoms with E-state index >= 15 is 0 Å². The Labute approximate surface area is 97.6 Å². The first-order chi connectivity index (χ1) is 7.60. The number of aliphatic hydroxyl groups excluding tert-OH is 1. The van der Waals surface area contributed by atoms with Crippen LogP contribution < -0.4 is 0 Å². The lowest BCUT2D eigenvalue weighted by atomic mass is 10.0. The number of likely N-dealkylation sites (tertiary alicyclic amines) is 1. The molecule has 0 aliphatic carbocycles. The molecule has 0 bridgehead atoms. The smallest absolute Gasteiger partial charge is 0.309 e. The van der Waals surface area contributed by atoms with Gasteiger partial charge in [0.2, 0.25) is 0 Å². The minimum Gasteiger partial charge on any atom is -0.469 e. The van der Waals surface area contributed by atoms with Crippen LogP contribution in [0.5, 0.6) is 0 Å². The Morgan fingerprint density at radius 2 is 2.25 bits per heavy atom. The van der Waals surface area contributed by atoms with Gasteiger partial charge in [-0.3, -0.25) is 9.69 Å². The zero-order valence-corrected chi connectivity index (χ0v) is 10.5. The van der Waals surface area contributed by atoms with Crippen LogP contribution in [0.15, 0.2) is 0 Å². The van der Waals surface area contributed by atoms with Crippen LogP contribution in [0.4, 0.5) is 0 Å². The number of nitrogens with zero attached hydrogens (tertiary/aromatic N) is 1. The molecular formula is C12H23NO3. The molecule has 0 radical (unpaired) electrons. The third-order valence-electron chi connectivity index (χ3n) is 3.73. The zero-order chi connectivity index (χ0) is 12.1. The van der Waals surface area contributed by atoms with Crippen molar-refractivity contribution in [1.82, 2.24) is 4.90 Å². The maximum absolute atomic E-state index is 11.4. The molecule has 3 atom stereocenters. The van der Waals surface area contributed by atoms with Crippen molar-refractivity contribution in [3.8, 4) is 0 Å². The molecule has 1 rings (SSSR count). The van der Waals surface area contributed by atoms with Crippen molar-refractivity contribution in [1.29, 1.82) is 0 Å². The Kier molecular flexibility index (Phi) is 5.22. The number of ether oxygens (including phenoxy) is 1. The first kappa shape index (κ1) is 13.5. The quantitative estimate of drug-likeness (QED) is 0.711. The van der Waals surface area contributed by atoms with Crippen LogP contribution in [0.2, 0.25) is 0 Å². The van der Waals surface area contributed by atoms with E-state index in [1.54, 1.807) is 0 Å². The molecular weight excluding hydrogens is 206 g/mol. The van der Waals surface area contributed by atoms with Crippen LogP contribution in [-0.4, -0.2) is 48.8 Å². The molecule has 1 fully saturated rings. The van der Waals surface area contributed by atoms with Crippen molar-refractivity contribution < 1.29 is 14.6 Å². The normalized spacial score (nSPS) is 25.4. The van der Waals surface area contributed by atoms with Gasteiger partial charge in [-0.15, -0.1) is 0 Å². The van der Waals surface area contributed by atoms with Gasteiger partial charge in [0.25, 0.3) is 0 Å². The molecule has 0 aromatic carbocycles. The molecule has 0 aromatic rings. The summed E-state index contributed by atoms with van der Waals surface area (Å²) in [7, 11) is 1.43. The summed E-state index contributed by atoms with van der Waals surface area (Å²) in [6.07, 6.45) is 1.99. The van der Waals surface area contributed by atoms with Crippen LogP contribution in [0.1, 0.15) is 26.7 Å². The van der Waals surface area contributed by atoms with E-state index in [1.165, 1.54) is 7.11 Å². The number of hydrogen-bond donors (Lipinski definition) is 1. The predicted octanol–water partition coefficient (Wildman–Crippen LogP) is 0.888. The maximum Gasteiger partial charge on any atom is 0.309 e. The zero-order valence-electron chi connectivity index (χ0n) is 10.5. The SMILES string of the molecule is COC(=O)C(C)C(C)N1CCC(CCO)C1. The average molecular weight is 229 g/mol. The lowest BCUT2D eigenvalue weighted by molar-refractivity contribution is -0.146. The van der Waals surface area contributed by atoms with Crippen molar-refractivity contribution >= 4 is 5.97 Å². The molecule has 1 saturated heterocycles. The molecule has 1 N–H and O–H groups in total. The maximum atomic E-state index is 11.4. The van der Waals surface area contributed by atoms with Gasteiger partial charge < -0.3 is 9.84 Å². The fraction of sp³-hybridized carbons (Fsp3) is 0.917. The van der Waals surface area contributed by atoms with Crippen LogP contribution >= 0.6 is 0 Å². The van der Waals surface area contributed by atoms with Gasteiger partial charge in [-0.1, -0.05) is 6.92 Å². The molecule has 1 heterocycles. The second-order valence-electron chi connectivity index (χ2n) is 4.71. The molecule has 16 heavy (non-hydrogen) atoms. The van der Waals surface area contributed by atoms with E-state index in [1.807, 2.05) is 6.92 Å². The van der Waals surface area contributed by atoms with E-state index in [-0.39, 0.29) is 24.5 Å². The summed E-state index contributed by atoms with van der Waals surface area (Å²) >= 11 is 0. The van der Waals surface area contributed by atoms with E-state index in [0.717, 1.165) is 25.9 Å². The lowest BCUT2D eigenvalue weighted by Gasteiger charge is -2.28. The lowest BCUT2D eigenvalue weighted by Crippen LogP contribution is -2.39. The van der Waals surface area contributed by atoms with Crippen LogP contribution in [-0.2, 0) is 9.53 Å². The van der Waals surface area contributed by atoms with Gasteiger partial charge in [0, 0.05) is 19.2 Å². The fourth-order valence-corrected chi connectivity index (χ4v) is 2.35. The minimum atomic E-state index is -0.141. The largest absolute Gasteiger partial charge is 0.469 e. The molecule has 0 amide bonds. The summed E-state index contributed by atoms with van der Waals surface area (Å²) in [4.78, 5) is 13.7. The van der Waals surface area contributed by atoms with Crippen molar-refractivity contribution in [2.24, 2.45) is 11.8 Å². The van der Waals surface area contributed by atoms with E-state index in [2.05, 4.69) is 11.8 Å². The van der Waals surface area contributed by atoms with Crippen molar-refractivity contribution in [3.63, 3.8) is 0 Å². The second kappa shape index (κ2) is 6.21. The van der Waals surface area contributed by atoms with Gasteiger partial charge in [-0.05, 0) is 32.2 Å². The molecule has 3 unspecified atom stereocenters. The summed E-state index contributed by atoms with van der Waals surface area (Å²) in [5.74, 6) is 0.355. The average Bonchev–Trinajstić information content (AvgIpc) is 2.75. The Morgan fingerprint density at radius 1 is 1.56 bits per heavy atom. The Morgan fingerprint density at radius 3 is 2.81 bits per heavy atom. The van der Waals surface area contributed by atoms with Gasteiger partial charge in [0.15, 0.2) is 0 Å². The van der Waals surface area contributed by atoms with E-state index in [9.17, 15) is 4.79 Å². The highest BCUT2D eigenvalue weighted by Gasteiger charge is 2.31. The van der Waals surface area contributed by atoms with E-state index in [0.29, 0.717) is 5.92 Å². The third-order valence-corrected chi connectivity index (χ3v) is 3.73. The van der Waals surface area contributed by atoms with Crippen LogP contribution in [0.25, 0.3) is 0 Å². The van der Waals surface area contributed by atoms with Gasteiger partial charge in [0.1, 0.15) is 0 Å². The Bertz CT molecular complexity index is 232. The Hall–Kier alpha value is -0.610. The first-order valence-corrected chi connectivity index (χ1v) is 6.02. The third kappa shape index (κ3) is 3.19. The molecule has 1 aliphatic rings. The molecule has 1 aliphatic heterocycles. The second-order valence-corrected chi connectivity index (χ2v) is 4.71. The summed E-state index contributed by atoms with van der Waals surface area (Å²) in [5.41, 5.74) is 0. The molecule has 4 nitrogen and oxygen atoms in total. The van der Waals surface area contributed by atoms with E-state index < -0.39 is 0 Å². The summed E-state index contributed by atoms with van der Waals surface area (Å²) in [6, 6.07) is 0.219. The monoisotopic (exact) mass is 229 g/mol. The van der Waals surface area contributed by atoms with E-state index in [4.69, 9.17) is 9.84 Å². The highest BCUT2D eigenvalue weighted by molar-refractivity contribution is 5.72. The molecule has 94 valence electrons. The number of methoxy groups -OCH3 is 1. The molecule has 0 saturated carbocycles. The number of carbonyl (C=O) groups is 1. The Balaban J connectivity index is 2.43. The summed E-state index contributed by atoms with van der Waals surface area (Å²) in [6.45, 7) is 6.26. The summed E-state index contributed by atoms with van der Waals surface area (Å²) in [5, 5.41) is 8.89. The predicted molar refractivity (Wildman–Crippen MR) is 62.0 cm³/mol. The standard InChI is InChI=1S/C12H23NO3/c1-9(12(15)16-3)10(2)13-6-4-11(8-13)5-7-14/h9-11,14H,4-8H2,1-3H3. The van der Waals surface area contributed by atoms with Gasteiger partial charge in [-0.2, -0.15) is 0 Å². The number of esters is 1. The highest BCUT2D eigenvalue weighted by atomic mass is 16.5. The number of rotatable bonds is 5. The van der Waals surface area contributed by atoms with Gasteiger partial charge in [-0.25, -0.2) is 0 Å². The molecule has 0 aromatic heterocycles. The minimum absolute atomic E-state index is 0.0853. The molecule has 4 heteroatoms. The number of aliphatic hydroxyl groups is 1. The number of hydrogen-bond acceptors (Lipinski definition) is 4. The number of carbonyl (C=O) groups excluding carboxylic acids is 1. The highest BCUT2D eigenvalue weighted by Crippen LogP contribution is 2.24. The summed E-state index contributed by atoms with van der Waals surface area (Å²) < 4.78 is 4.76.